The summed E-state index contributed by atoms with van der Waals surface area (Å²) in [6.07, 6.45) is 0.114. The van der Waals surface area contributed by atoms with Gasteiger partial charge in [-0.05, 0) is 35.9 Å². The summed E-state index contributed by atoms with van der Waals surface area (Å²) < 4.78 is 0. The first-order valence-electron chi connectivity index (χ1n) is 6.03. The largest absolute Gasteiger partial charge is 0.478 e. The monoisotopic (exact) mass is 323 g/mol. The molecule has 0 saturated carbocycles. The Bertz CT molecular complexity index is 684. The Hall–Kier alpha value is -2.04. The number of aromatic carboxylic acids is 1. The quantitative estimate of drug-likeness (QED) is 0.897. The third-order valence-electron chi connectivity index (χ3n) is 2.76. The molecule has 0 radical (unpaired) electrons. The third-order valence-corrected chi connectivity index (χ3v) is 3.25. The molecule has 0 heterocycles. The van der Waals surface area contributed by atoms with Gasteiger partial charge in [-0.2, -0.15) is 0 Å². The molecule has 6 heteroatoms. The van der Waals surface area contributed by atoms with E-state index in [0.29, 0.717) is 10.0 Å². The lowest BCUT2D eigenvalue weighted by Gasteiger charge is -2.09. The van der Waals surface area contributed by atoms with Crippen molar-refractivity contribution in [2.75, 3.05) is 5.32 Å². The maximum atomic E-state index is 12.0. The molecular weight excluding hydrogens is 313 g/mol. The number of hydrogen-bond acceptors (Lipinski definition) is 2. The Balaban J connectivity index is 2.14. The van der Waals surface area contributed by atoms with Crippen molar-refractivity contribution in [3.8, 4) is 0 Å². The van der Waals surface area contributed by atoms with E-state index in [-0.39, 0.29) is 23.6 Å². The van der Waals surface area contributed by atoms with Crippen molar-refractivity contribution in [2.24, 2.45) is 0 Å². The molecule has 0 fully saturated rings. The van der Waals surface area contributed by atoms with Crippen LogP contribution in [-0.4, -0.2) is 17.0 Å². The SMILES string of the molecule is O=C(Cc1ccc(Cl)cc1)Nc1cc(Cl)ccc1C(=O)O. The molecule has 2 rings (SSSR count). The summed E-state index contributed by atoms with van der Waals surface area (Å²) in [7, 11) is 0. The molecule has 0 atom stereocenters. The molecule has 2 N–H and O–H groups in total. The fraction of sp³-hybridized carbons (Fsp3) is 0.0667. The van der Waals surface area contributed by atoms with Crippen molar-refractivity contribution in [2.45, 2.75) is 6.42 Å². The van der Waals surface area contributed by atoms with Gasteiger partial charge in [-0.15, -0.1) is 0 Å². The van der Waals surface area contributed by atoms with Gasteiger partial charge in [0.05, 0.1) is 17.7 Å². The maximum absolute atomic E-state index is 12.0. The van der Waals surface area contributed by atoms with E-state index in [1.165, 1.54) is 18.2 Å². The molecule has 0 aliphatic rings. The number of carbonyl (C=O) groups is 2. The lowest BCUT2D eigenvalue weighted by molar-refractivity contribution is -0.115. The highest BCUT2D eigenvalue weighted by molar-refractivity contribution is 6.31. The number of anilines is 1. The second-order valence-corrected chi connectivity index (χ2v) is 5.22. The van der Waals surface area contributed by atoms with Gasteiger partial charge in [0.2, 0.25) is 5.91 Å². The van der Waals surface area contributed by atoms with Gasteiger partial charge in [-0.1, -0.05) is 35.3 Å². The summed E-state index contributed by atoms with van der Waals surface area (Å²) in [5.41, 5.74) is 0.939. The first kappa shape index (κ1) is 15.4. The molecule has 108 valence electrons. The lowest BCUT2D eigenvalue weighted by atomic mass is 10.1. The summed E-state index contributed by atoms with van der Waals surface area (Å²) in [6, 6.07) is 11.1. The summed E-state index contributed by atoms with van der Waals surface area (Å²) in [5, 5.41) is 12.6. The molecule has 0 bridgehead atoms. The number of carbonyl (C=O) groups excluding carboxylic acids is 1. The summed E-state index contributed by atoms with van der Waals surface area (Å²) in [5.74, 6) is -1.46. The van der Waals surface area contributed by atoms with E-state index in [9.17, 15) is 9.59 Å². The molecule has 1 amide bonds. The first-order valence-corrected chi connectivity index (χ1v) is 6.78. The zero-order chi connectivity index (χ0) is 15.4. The minimum absolute atomic E-state index is 0.0103. The van der Waals surface area contributed by atoms with E-state index in [1.807, 2.05) is 0 Å². The van der Waals surface area contributed by atoms with Gasteiger partial charge < -0.3 is 10.4 Å². The molecule has 0 spiro atoms. The van der Waals surface area contributed by atoms with Gasteiger partial charge in [0.25, 0.3) is 0 Å². The van der Waals surface area contributed by atoms with Gasteiger partial charge in [-0.25, -0.2) is 4.79 Å². The molecule has 4 nitrogen and oxygen atoms in total. The Morgan fingerprint density at radius 2 is 1.62 bits per heavy atom. The molecule has 0 aromatic heterocycles. The minimum Gasteiger partial charge on any atom is -0.478 e. The molecule has 0 aliphatic heterocycles. The van der Waals surface area contributed by atoms with Crippen LogP contribution >= 0.6 is 23.2 Å². The molecule has 2 aromatic rings. The zero-order valence-corrected chi connectivity index (χ0v) is 12.3. The topological polar surface area (TPSA) is 66.4 Å². The van der Waals surface area contributed by atoms with Crippen LogP contribution in [0.15, 0.2) is 42.5 Å². The molecule has 2 aromatic carbocycles. The summed E-state index contributed by atoms with van der Waals surface area (Å²) in [6.45, 7) is 0. The third kappa shape index (κ3) is 4.21. The number of amides is 1. The Morgan fingerprint density at radius 1 is 1.00 bits per heavy atom. The van der Waals surface area contributed by atoms with Gasteiger partial charge >= 0.3 is 5.97 Å². The van der Waals surface area contributed by atoms with Crippen molar-refractivity contribution in [1.29, 1.82) is 0 Å². The van der Waals surface area contributed by atoms with Crippen molar-refractivity contribution in [3.05, 3.63) is 63.6 Å². The number of carboxylic acid groups (broad SMARTS) is 1. The van der Waals surface area contributed by atoms with Crippen molar-refractivity contribution in [3.63, 3.8) is 0 Å². The van der Waals surface area contributed by atoms with Crippen LogP contribution in [0.25, 0.3) is 0 Å². The van der Waals surface area contributed by atoms with E-state index in [2.05, 4.69) is 5.32 Å². The van der Waals surface area contributed by atoms with E-state index in [0.717, 1.165) is 5.56 Å². The predicted molar refractivity (Wildman–Crippen MR) is 82.2 cm³/mol. The Morgan fingerprint density at radius 3 is 2.24 bits per heavy atom. The minimum atomic E-state index is -1.13. The molecule has 0 saturated heterocycles. The van der Waals surface area contributed by atoms with Crippen molar-refractivity contribution in [1.82, 2.24) is 0 Å². The van der Waals surface area contributed by atoms with Crippen LogP contribution in [0.2, 0.25) is 10.0 Å². The molecule has 0 unspecified atom stereocenters. The van der Waals surface area contributed by atoms with Gasteiger partial charge in [-0.3, -0.25) is 4.79 Å². The zero-order valence-electron chi connectivity index (χ0n) is 10.8. The van der Waals surface area contributed by atoms with E-state index < -0.39 is 5.97 Å². The molecule has 0 aliphatic carbocycles. The highest BCUT2D eigenvalue weighted by Crippen LogP contribution is 2.21. The van der Waals surface area contributed by atoms with Crippen LogP contribution in [-0.2, 0) is 11.2 Å². The summed E-state index contributed by atoms with van der Waals surface area (Å²) >= 11 is 11.6. The van der Waals surface area contributed by atoms with E-state index in [4.69, 9.17) is 28.3 Å². The highest BCUT2D eigenvalue weighted by Gasteiger charge is 2.13. The van der Waals surface area contributed by atoms with Crippen LogP contribution in [0, 0.1) is 0 Å². The van der Waals surface area contributed by atoms with Crippen LogP contribution in [0.5, 0.6) is 0 Å². The van der Waals surface area contributed by atoms with E-state index >= 15 is 0 Å². The van der Waals surface area contributed by atoms with Crippen LogP contribution < -0.4 is 5.32 Å². The summed E-state index contributed by atoms with van der Waals surface area (Å²) in [4.78, 5) is 23.1. The normalized spacial score (nSPS) is 10.2. The van der Waals surface area contributed by atoms with Gasteiger partial charge in [0.15, 0.2) is 0 Å². The van der Waals surface area contributed by atoms with Crippen LogP contribution in [0.1, 0.15) is 15.9 Å². The Kier molecular flexibility index (Phi) is 4.83. The molecular formula is C15H11Cl2NO3. The predicted octanol–water partition coefficient (Wildman–Crippen LogP) is 3.87. The highest BCUT2D eigenvalue weighted by atomic mass is 35.5. The second kappa shape index (κ2) is 6.61. The lowest BCUT2D eigenvalue weighted by Crippen LogP contribution is -2.16. The fourth-order valence-electron chi connectivity index (χ4n) is 1.79. The van der Waals surface area contributed by atoms with E-state index in [1.54, 1.807) is 24.3 Å². The molecule has 21 heavy (non-hydrogen) atoms. The van der Waals surface area contributed by atoms with Gasteiger partial charge in [0.1, 0.15) is 0 Å². The van der Waals surface area contributed by atoms with Crippen molar-refractivity contribution >= 4 is 40.8 Å². The van der Waals surface area contributed by atoms with Crippen LogP contribution in [0.3, 0.4) is 0 Å². The van der Waals surface area contributed by atoms with Gasteiger partial charge in [0, 0.05) is 10.0 Å². The van der Waals surface area contributed by atoms with Crippen LogP contribution in [0.4, 0.5) is 5.69 Å². The first-order chi connectivity index (χ1) is 9.95. The second-order valence-electron chi connectivity index (χ2n) is 4.35. The number of hydrogen-bond donors (Lipinski definition) is 2. The Labute approximate surface area is 131 Å². The number of halogens is 2. The standard InChI is InChI=1S/C15H11Cl2NO3/c16-10-3-1-9(2-4-10)7-14(19)18-13-8-11(17)5-6-12(13)15(20)21/h1-6,8H,7H2,(H,18,19)(H,20,21). The number of nitrogens with one attached hydrogen (secondary N) is 1. The number of benzene rings is 2. The van der Waals surface area contributed by atoms with Crippen molar-refractivity contribution < 1.29 is 14.7 Å². The smallest absolute Gasteiger partial charge is 0.337 e. The fourth-order valence-corrected chi connectivity index (χ4v) is 2.09. The number of carboxylic acids is 1. The maximum Gasteiger partial charge on any atom is 0.337 e. The number of rotatable bonds is 4. The average Bonchev–Trinajstić information content (AvgIpc) is 2.41. The average molecular weight is 324 g/mol.